The van der Waals surface area contributed by atoms with Crippen LogP contribution in [0.15, 0.2) is 59.6 Å². The maximum atomic E-state index is 11.5. The summed E-state index contributed by atoms with van der Waals surface area (Å²) in [6.07, 6.45) is 2.93. The summed E-state index contributed by atoms with van der Waals surface area (Å²) < 4.78 is 0. The number of phenols is 1. The minimum Gasteiger partial charge on any atom is -0.508 e. The number of phenolic OH excluding ortho intramolecular Hbond substituents is 1. The second-order valence-corrected chi connectivity index (χ2v) is 4.35. The van der Waals surface area contributed by atoms with E-state index in [0.29, 0.717) is 0 Å². The number of carbonyl (C=O) groups is 1. The van der Waals surface area contributed by atoms with E-state index < -0.39 is 5.91 Å². The summed E-state index contributed by atoms with van der Waals surface area (Å²) in [7, 11) is 0. The molecular weight excluding hydrogens is 266 g/mol. The number of amides is 1. The van der Waals surface area contributed by atoms with Gasteiger partial charge in [-0.1, -0.05) is 36.4 Å². The van der Waals surface area contributed by atoms with Gasteiger partial charge >= 0.3 is 0 Å². The van der Waals surface area contributed by atoms with Gasteiger partial charge in [-0.15, -0.1) is 0 Å². The fourth-order valence-electron chi connectivity index (χ4n) is 1.90. The van der Waals surface area contributed by atoms with Crippen LogP contribution in [0.5, 0.6) is 5.75 Å². The first kappa shape index (κ1) is 14.3. The van der Waals surface area contributed by atoms with Gasteiger partial charge in [0.1, 0.15) is 5.75 Å². The Balaban J connectivity index is 2.36. The summed E-state index contributed by atoms with van der Waals surface area (Å²) in [5.74, 6) is -0.616. The van der Waals surface area contributed by atoms with Gasteiger partial charge in [0.15, 0.2) is 5.96 Å². The molecule has 0 fully saturated rings. The van der Waals surface area contributed by atoms with Crippen molar-refractivity contribution in [2.45, 2.75) is 0 Å². The fraction of sp³-hybridized carbons (Fsp3) is 0. The lowest BCUT2D eigenvalue weighted by molar-refractivity contribution is -0.113. The van der Waals surface area contributed by atoms with Gasteiger partial charge in [-0.2, -0.15) is 4.99 Å². The van der Waals surface area contributed by atoms with Gasteiger partial charge in [0.2, 0.25) is 0 Å². The van der Waals surface area contributed by atoms with E-state index in [-0.39, 0.29) is 11.7 Å². The Morgan fingerprint density at radius 1 is 1.10 bits per heavy atom. The van der Waals surface area contributed by atoms with Gasteiger partial charge in [0.05, 0.1) is 0 Å². The van der Waals surface area contributed by atoms with Crippen molar-refractivity contribution in [1.82, 2.24) is 0 Å². The second-order valence-electron chi connectivity index (χ2n) is 4.35. The Morgan fingerprint density at radius 2 is 1.86 bits per heavy atom. The molecule has 0 atom stereocenters. The summed E-state index contributed by atoms with van der Waals surface area (Å²) in [6.45, 7) is 0. The molecule has 2 rings (SSSR count). The van der Waals surface area contributed by atoms with Gasteiger partial charge in [-0.05, 0) is 34.9 Å². The number of nitrogens with two attached hydrogens (primary N) is 2. The summed E-state index contributed by atoms with van der Waals surface area (Å²) in [5.41, 5.74) is 12.9. The zero-order chi connectivity index (χ0) is 15.2. The summed E-state index contributed by atoms with van der Waals surface area (Å²) in [4.78, 5) is 14.9. The zero-order valence-corrected chi connectivity index (χ0v) is 11.2. The zero-order valence-electron chi connectivity index (χ0n) is 11.2. The van der Waals surface area contributed by atoms with Crippen molar-refractivity contribution in [2.75, 3.05) is 0 Å². The average Bonchev–Trinajstić information content (AvgIpc) is 2.45. The van der Waals surface area contributed by atoms with E-state index in [9.17, 15) is 9.90 Å². The van der Waals surface area contributed by atoms with Gasteiger partial charge in [0.25, 0.3) is 5.91 Å². The number of carbonyl (C=O) groups excluding carboxylic acids is 1. The average molecular weight is 281 g/mol. The summed E-state index contributed by atoms with van der Waals surface area (Å²) >= 11 is 0. The van der Waals surface area contributed by atoms with Crippen LogP contribution in [0.4, 0.5) is 0 Å². The smallest absolute Gasteiger partial charge is 0.272 e. The first-order chi connectivity index (χ1) is 10.1. The van der Waals surface area contributed by atoms with Crippen molar-refractivity contribution < 1.29 is 9.90 Å². The van der Waals surface area contributed by atoms with Crippen molar-refractivity contribution in [3.05, 3.63) is 60.2 Å². The van der Waals surface area contributed by atoms with Crippen molar-refractivity contribution in [3.8, 4) is 16.9 Å². The largest absolute Gasteiger partial charge is 0.508 e. The highest BCUT2D eigenvalue weighted by atomic mass is 16.3. The predicted molar refractivity (Wildman–Crippen MR) is 83.4 cm³/mol. The van der Waals surface area contributed by atoms with Crippen molar-refractivity contribution in [2.24, 2.45) is 16.5 Å². The molecule has 0 unspecified atom stereocenters. The molecule has 0 radical (unpaired) electrons. The molecule has 21 heavy (non-hydrogen) atoms. The molecule has 5 N–H and O–H groups in total. The highest BCUT2D eigenvalue weighted by Crippen LogP contribution is 2.27. The third-order valence-corrected chi connectivity index (χ3v) is 2.76. The molecule has 106 valence electrons. The van der Waals surface area contributed by atoms with Crippen molar-refractivity contribution >= 4 is 17.9 Å². The lowest BCUT2D eigenvalue weighted by Crippen LogP contribution is -2.23. The normalized spacial score (nSPS) is 10.5. The molecular formula is C16H15N3O2. The molecule has 5 nitrogen and oxygen atoms in total. The van der Waals surface area contributed by atoms with Crippen LogP contribution in [0.25, 0.3) is 17.2 Å². The Kier molecular flexibility index (Phi) is 4.36. The van der Waals surface area contributed by atoms with Crippen molar-refractivity contribution in [3.63, 3.8) is 0 Å². The summed E-state index contributed by atoms with van der Waals surface area (Å²) in [6, 6.07) is 14.4. The van der Waals surface area contributed by atoms with Crippen LogP contribution in [-0.2, 0) is 4.79 Å². The Hall–Kier alpha value is -3.08. The first-order valence-electron chi connectivity index (χ1n) is 6.26. The Labute approximate surface area is 122 Å². The molecule has 2 aromatic rings. The molecule has 0 saturated carbocycles. The van der Waals surface area contributed by atoms with Gasteiger partial charge in [-0.3, -0.25) is 4.79 Å². The third-order valence-electron chi connectivity index (χ3n) is 2.76. The highest BCUT2D eigenvalue weighted by Gasteiger charge is 2.03. The number of nitrogens with zero attached hydrogens (tertiary/aromatic N) is 1. The number of benzene rings is 2. The molecule has 1 amide bonds. The van der Waals surface area contributed by atoms with Crippen LogP contribution in [0, 0.1) is 0 Å². The minimum absolute atomic E-state index is 0.183. The first-order valence-corrected chi connectivity index (χ1v) is 6.26. The van der Waals surface area contributed by atoms with E-state index in [0.717, 1.165) is 16.7 Å². The molecule has 0 spiro atoms. The highest BCUT2D eigenvalue weighted by molar-refractivity contribution is 6.00. The van der Waals surface area contributed by atoms with Gasteiger partial charge < -0.3 is 16.6 Å². The number of hydrogen-bond acceptors (Lipinski definition) is 2. The molecule has 5 heteroatoms. The van der Waals surface area contributed by atoms with Gasteiger partial charge in [-0.25, -0.2) is 0 Å². The maximum absolute atomic E-state index is 11.5. The van der Waals surface area contributed by atoms with Crippen LogP contribution in [0.3, 0.4) is 0 Å². The second kappa shape index (κ2) is 6.38. The number of aliphatic imine (C=N–C) groups is 1. The molecule has 0 aliphatic carbocycles. The van der Waals surface area contributed by atoms with Crippen LogP contribution >= 0.6 is 0 Å². The van der Waals surface area contributed by atoms with Gasteiger partial charge in [0, 0.05) is 6.08 Å². The van der Waals surface area contributed by atoms with E-state index in [2.05, 4.69) is 4.99 Å². The predicted octanol–water partition coefficient (Wildman–Crippen LogP) is 1.87. The minimum atomic E-state index is -0.527. The van der Waals surface area contributed by atoms with E-state index in [1.807, 2.05) is 30.3 Å². The number of guanidine groups is 1. The van der Waals surface area contributed by atoms with E-state index >= 15 is 0 Å². The van der Waals surface area contributed by atoms with Crippen LogP contribution in [-0.4, -0.2) is 17.0 Å². The van der Waals surface area contributed by atoms with E-state index in [1.54, 1.807) is 24.3 Å². The topological polar surface area (TPSA) is 102 Å². The maximum Gasteiger partial charge on any atom is 0.272 e. The molecule has 2 aromatic carbocycles. The van der Waals surface area contributed by atoms with E-state index in [1.165, 1.54) is 6.08 Å². The Bertz CT molecular complexity index is 717. The molecule has 0 aromatic heterocycles. The Morgan fingerprint density at radius 3 is 2.57 bits per heavy atom. The fourth-order valence-corrected chi connectivity index (χ4v) is 1.90. The molecule has 0 bridgehead atoms. The number of hydrogen-bond donors (Lipinski definition) is 3. The lowest BCUT2D eigenvalue weighted by atomic mass is 9.99. The van der Waals surface area contributed by atoms with Crippen molar-refractivity contribution in [1.29, 1.82) is 0 Å². The molecule has 0 saturated heterocycles. The van der Waals surface area contributed by atoms with Crippen LogP contribution < -0.4 is 11.5 Å². The number of rotatable bonds is 3. The molecule has 0 aliphatic heterocycles. The van der Waals surface area contributed by atoms with E-state index in [4.69, 9.17) is 11.5 Å². The van der Waals surface area contributed by atoms with Crippen LogP contribution in [0.1, 0.15) is 5.56 Å². The molecule has 0 heterocycles. The number of aromatic hydroxyl groups is 1. The monoisotopic (exact) mass is 281 g/mol. The third kappa shape index (κ3) is 3.94. The SMILES string of the molecule is NC(N)=NC(=O)C=Cc1ccccc1-c1cccc(O)c1. The lowest BCUT2D eigenvalue weighted by Gasteiger charge is -2.06. The van der Waals surface area contributed by atoms with Crippen LogP contribution in [0.2, 0.25) is 0 Å². The standard InChI is InChI=1S/C16H15N3O2/c17-16(18)19-15(21)9-8-11-4-1-2-7-14(11)12-5-3-6-13(20)10-12/h1-10,20H,(H4,17,18,19,21). The molecule has 0 aliphatic rings. The quantitative estimate of drug-likeness (QED) is 0.454. The summed E-state index contributed by atoms with van der Waals surface area (Å²) in [5, 5.41) is 9.56.